The van der Waals surface area contributed by atoms with Crippen molar-refractivity contribution in [3.05, 3.63) is 48.3 Å². The number of carbonyl (C=O) groups excluding carboxylic acids is 1. The Morgan fingerprint density at radius 3 is 2.86 bits per heavy atom. The molecule has 0 saturated carbocycles. The van der Waals surface area contributed by atoms with E-state index < -0.39 is 0 Å². The molecule has 1 heterocycles. The van der Waals surface area contributed by atoms with Gasteiger partial charge in [-0.2, -0.15) is 0 Å². The van der Waals surface area contributed by atoms with Crippen LogP contribution in [0.2, 0.25) is 0 Å². The Morgan fingerprint density at radius 2 is 2.14 bits per heavy atom. The molecular formula is C10H7FN2O. The lowest BCUT2D eigenvalue weighted by Crippen LogP contribution is -1.99. The van der Waals surface area contributed by atoms with Crippen LogP contribution in [0, 0.1) is 5.82 Å². The molecule has 0 unspecified atom stereocenters. The molecule has 0 bridgehead atoms. The second kappa shape index (κ2) is 3.41. The predicted octanol–water partition coefficient (Wildman–Crippen LogP) is 1.82. The molecule has 0 radical (unpaired) electrons. The summed E-state index contributed by atoms with van der Waals surface area (Å²) < 4.78 is 14.7. The molecule has 0 spiro atoms. The van der Waals surface area contributed by atoms with Gasteiger partial charge in [-0.25, -0.2) is 9.37 Å². The van der Waals surface area contributed by atoms with Crippen LogP contribution in [0.1, 0.15) is 10.5 Å². The summed E-state index contributed by atoms with van der Waals surface area (Å²) in [6.45, 7) is 0. The van der Waals surface area contributed by atoms with Crippen LogP contribution in [-0.4, -0.2) is 15.8 Å². The largest absolute Gasteiger partial charge is 0.296 e. The van der Waals surface area contributed by atoms with E-state index in [-0.39, 0.29) is 5.82 Å². The van der Waals surface area contributed by atoms with Crippen LogP contribution >= 0.6 is 0 Å². The van der Waals surface area contributed by atoms with Crippen LogP contribution in [0.5, 0.6) is 0 Å². The Balaban J connectivity index is 2.60. The van der Waals surface area contributed by atoms with E-state index in [0.29, 0.717) is 17.7 Å². The van der Waals surface area contributed by atoms with Crippen molar-refractivity contribution in [2.24, 2.45) is 0 Å². The molecule has 0 aliphatic heterocycles. The van der Waals surface area contributed by atoms with Gasteiger partial charge in [0.1, 0.15) is 11.5 Å². The molecular weight excluding hydrogens is 183 g/mol. The molecule has 2 aromatic rings. The fourth-order valence-corrected chi connectivity index (χ4v) is 1.24. The number of benzene rings is 1. The van der Waals surface area contributed by atoms with E-state index in [1.54, 1.807) is 18.2 Å². The number of para-hydroxylation sites is 1. The normalized spacial score (nSPS) is 10.1. The molecule has 1 aromatic carbocycles. The lowest BCUT2D eigenvalue weighted by molar-refractivity contribution is 0.111. The first-order valence-electron chi connectivity index (χ1n) is 4.05. The van der Waals surface area contributed by atoms with Gasteiger partial charge in [0.25, 0.3) is 0 Å². The van der Waals surface area contributed by atoms with E-state index in [4.69, 9.17) is 0 Å². The molecule has 0 aliphatic rings. The van der Waals surface area contributed by atoms with Gasteiger partial charge >= 0.3 is 0 Å². The minimum atomic E-state index is -0.381. The van der Waals surface area contributed by atoms with Crippen LogP contribution in [0.4, 0.5) is 4.39 Å². The molecule has 4 heteroatoms. The highest BCUT2D eigenvalue weighted by atomic mass is 19.1. The Bertz CT molecular complexity index is 465. The maximum absolute atomic E-state index is 13.3. The number of nitrogens with zero attached hydrogens (tertiary/aromatic N) is 2. The molecule has 0 saturated heterocycles. The fourth-order valence-electron chi connectivity index (χ4n) is 1.24. The van der Waals surface area contributed by atoms with Gasteiger partial charge in [0.2, 0.25) is 0 Å². The Labute approximate surface area is 79.8 Å². The molecule has 14 heavy (non-hydrogen) atoms. The minimum absolute atomic E-state index is 0.326. The van der Waals surface area contributed by atoms with Gasteiger partial charge in [0, 0.05) is 0 Å². The summed E-state index contributed by atoms with van der Waals surface area (Å²) in [5.41, 5.74) is 0.655. The Hall–Kier alpha value is -1.97. The van der Waals surface area contributed by atoms with E-state index in [1.807, 2.05) is 0 Å². The third kappa shape index (κ3) is 1.31. The fraction of sp³-hybridized carbons (Fsp3) is 0. The molecule has 0 amide bonds. The van der Waals surface area contributed by atoms with E-state index in [0.717, 1.165) is 0 Å². The molecule has 0 aliphatic carbocycles. The zero-order valence-corrected chi connectivity index (χ0v) is 7.22. The summed E-state index contributed by atoms with van der Waals surface area (Å²) in [7, 11) is 0. The lowest BCUT2D eigenvalue weighted by Gasteiger charge is -2.04. The molecule has 70 valence electrons. The van der Waals surface area contributed by atoms with E-state index in [2.05, 4.69) is 4.98 Å². The summed E-state index contributed by atoms with van der Waals surface area (Å²) in [5, 5.41) is 0. The second-order valence-electron chi connectivity index (χ2n) is 2.76. The van der Waals surface area contributed by atoms with Gasteiger partial charge in [-0.1, -0.05) is 12.1 Å². The van der Waals surface area contributed by atoms with Gasteiger partial charge in [-0.3, -0.25) is 9.36 Å². The highest BCUT2D eigenvalue weighted by molar-refractivity contribution is 5.73. The molecule has 0 atom stereocenters. The SMILES string of the molecule is O=Cc1cncn1-c1ccccc1F. The predicted molar refractivity (Wildman–Crippen MR) is 48.9 cm³/mol. The average molecular weight is 190 g/mol. The number of hydrogen-bond acceptors (Lipinski definition) is 2. The first-order valence-corrected chi connectivity index (χ1v) is 4.05. The molecule has 1 aromatic heterocycles. The first kappa shape index (κ1) is 8.62. The monoisotopic (exact) mass is 190 g/mol. The first-order chi connectivity index (χ1) is 6.83. The highest BCUT2D eigenvalue weighted by Crippen LogP contribution is 2.13. The number of halogens is 1. The maximum atomic E-state index is 13.3. The van der Waals surface area contributed by atoms with Crippen molar-refractivity contribution in [3.63, 3.8) is 0 Å². The summed E-state index contributed by atoms with van der Waals surface area (Å²) in [5.74, 6) is -0.381. The number of aromatic nitrogens is 2. The number of aldehydes is 1. The summed E-state index contributed by atoms with van der Waals surface area (Å²) in [4.78, 5) is 14.4. The molecule has 0 N–H and O–H groups in total. The van der Waals surface area contributed by atoms with Crippen molar-refractivity contribution in [1.82, 2.24) is 9.55 Å². The Kier molecular flexibility index (Phi) is 2.10. The van der Waals surface area contributed by atoms with Crippen molar-refractivity contribution < 1.29 is 9.18 Å². The number of carbonyl (C=O) groups is 1. The smallest absolute Gasteiger partial charge is 0.168 e. The topological polar surface area (TPSA) is 34.9 Å². The summed E-state index contributed by atoms with van der Waals surface area (Å²) >= 11 is 0. The quantitative estimate of drug-likeness (QED) is 0.677. The summed E-state index contributed by atoms with van der Waals surface area (Å²) in [6, 6.07) is 6.22. The van der Waals surface area contributed by atoms with Gasteiger partial charge in [-0.15, -0.1) is 0 Å². The maximum Gasteiger partial charge on any atom is 0.168 e. The summed E-state index contributed by atoms with van der Waals surface area (Å²) in [6.07, 6.45) is 3.43. The van der Waals surface area contributed by atoms with Gasteiger partial charge in [0.15, 0.2) is 6.29 Å². The van der Waals surface area contributed by atoms with Crippen molar-refractivity contribution >= 4 is 6.29 Å². The van der Waals surface area contributed by atoms with Crippen LogP contribution in [0.15, 0.2) is 36.8 Å². The van der Waals surface area contributed by atoms with Gasteiger partial charge < -0.3 is 0 Å². The zero-order chi connectivity index (χ0) is 9.97. The average Bonchev–Trinajstić information content (AvgIpc) is 2.66. The minimum Gasteiger partial charge on any atom is -0.296 e. The standard InChI is InChI=1S/C10H7FN2O/c11-9-3-1-2-4-10(9)13-7-12-5-8(13)6-14/h1-7H. The zero-order valence-electron chi connectivity index (χ0n) is 7.22. The van der Waals surface area contributed by atoms with Crippen molar-refractivity contribution in [1.29, 1.82) is 0 Å². The third-order valence-corrected chi connectivity index (χ3v) is 1.90. The van der Waals surface area contributed by atoms with Crippen molar-refractivity contribution in [2.75, 3.05) is 0 Å². The molecule has 2 rings (SSSR count). The van der Waals surface area contributed by atoms with E-state index >= 15 is 0 Å². The van der Waals surface area contributed by atoms with E-state index in [1.165, 1.54) is 23.2 Å². The number of hydrogen-bond donors (Lipinski definition) is 0. The van der Waals surface area contributed by atoms with Crippen LogP contribution < -0.4 is 0 Å². The van der Waals surface area contributed by atoms with Gasteiger partial charge in [-0.05, 0) is 12.1 Å². The van der Waals surface area contributed by atoms with Crippen LogP contribution in [0.3, 0.4) is 0 Å². The van der Waals surface area contributed by atoms with Crippen LogP contribution in [-0.2, 0) is 0 Å². The third-order valence-electron chi connectivity index (χ3n) is 1.90. The van der Waals surface area contributed by atoms with E-state index in [9.17, 15) is 9.18 Å². The second-order valence-corrected chi connectivity index (χ2v) is 2.76. The Morgan fingerprint density at radius 1 is 1.36 bits per heavy atom. The van der Waals surface area contributed by atoms with Crippen molar-refractivity contribution in [3.8, 4) is 5.69 Å². The van der Waals surface area contributed by atoms with Crippen LogP contribution in [0.25, 0.3) is 5.69 Å². The van der Waals surface area contributed by atoms with Gasteiger partial charge in [0.05, 0.1) is 18.2 Å². The van der Waals surface area contributed by atoms with Crippen molar-refractivity contribution in [2.45, 2.75) is 0 Å². The highest BCUT2D eigenvalue weighted by Gasteiger charge is 2.06. The lowest BCUT2D eigenvalue weighted by atomic mass is 10.3. The molecule has 0 fully saturated rings. The number of imidazole rings is 1. The number of rotatable bonds is 2. The molecule has 3 nitrogen and oxygen atoms in total.